The Balaban J connectivity index is 2.77. The van der Waals surface area contributed by atoms with E-state index in [9.17, 15) is 4.39 Å². The van der Waals surface area contributed by atoms with E-state index in [0.717, 1.165) is 25.7 Å². The minimum absolute atomic E-state index is 0.175. The molecular formula is C8H14ClF. The minimum atomic E-state index is -0.175. The van der Waals surface area contributed by atoms with Crippen LogP contribution < -0.4 is 0 Å². The molecule has 0 aromatic heterocycles. The van der Waals surface area contributed by atoms with E-state index in [0.29, 0.717) is 6.42 Å². The number of hydrogen-bond donors (Lipinski definition) is 0. The molecule has 0 saturated carbocycles. The zero-order valence-electron chi connectivity index (χ0n) is 6.15. The summed E-state index contributed by atoms with van der Waals surface area (Å²) in [7, 11) is 0. The molecule has 60 valence electrons. The van der Waals surface area contributed by atoms with Gasteiger partial charge in [-0.05, 0) is 19.3 Å². The van der Waals surface area contributed by atoms with Crippen molar-refractivity contribution >= 4 is 11.6 Å². The van der Waals surface area contributed by atoms with Crippen molar-refractivity contribution in [2.24, 2.45) is 0 Å². The van der Waals surface area contributed by atoms with Crippen LogP contribution in [0, 0.1) is 0 Å². The Morgan fingerprint density at radius 2 is 1.80 bits per heavy atom. The number of allylic oxidation sites excluding steroid dienone is 1. The van der Waals surface area contributed by atoms with Crippen LogP contribution in [0.5, 0.6) is 0 Å². The molecule has 0 aliphatic carbocycles. The van der Waals surface area contributed by atoms with Crippen LogP contribution in [0.4, 0.5) is 4.39 Å². The smallest absolute Gasteiger partial charge is 0.0894 e. The van der Waals surface area contributed by atoms with Crippen molar-refractivity contribution in [1.29, 1.82) is 0 Å². The van der Waals surface area contributed by atoms with Crippen molar-refractivity contribution in [3.8, 4) is 0 Å². The molecule has 0 spiro atoms. The van der Waals surface area contributed by atoms with Crippen LogP contribution >= 0.6 is 11.6 Å². The van der Waals surface area contributed by atoms with Gasteiger partial charge in [0.2, 0.25) is 0 Å². The maximum Gasteiger partial charge on any atom is 0.0894 e. The lowest BCUT2D eigenvalue weighted by molar-refractivity contribution is 0.453. The van der Waals surface area contributed by atoms with E-state index in [2.05, 4.69) is 0 Å². The normalized spacial score (nSPS) is 11.0. The lowest BCUT2D eigenvalue weighted by atomic mass is 10.1. The first-order valence-corrected chi connectivity index (χ1v) is 4.16. The van der Waals surface area contributed by atoms with Gasteiger partial charge in [0.05, 0.1) is 6.67 Å². The first-order valence-electron chi connectivity index (χ1n) is 3.73. The molecule has 0 radical (unpaired) electrons. The molecule has 0 N–H and O–H groups in total. The van der Waals surface area contributed by atoms with Gasteiger partial charge in [0, 0.05) is 5.54 Å². The van der Waals surface area contributed by atoms with E-state index in [4.69, 9.17) is 11.6 Å². The van der Waals surface area contributed by atoms with Crippen LogP contribution in [0.2, 0.25) is 0 Å². The first kappa shape index (κ1) is 9.96. The SMILES string of the molecule is FCCCCCCC=CCl. The molecule has 0 aliphatic heterocycles. The Hall–Kier alpha value is -0.0400. The molecule has 0 amide bonds. The van der Waals surface area contributed by atoms with E-state index in [1.54, 1.807) is 0 Å². The van der Waals surface area contributed by atoms with Gasteiger partial charge in [0.1, 0.15) is 0 Å². The molecule has 0 aromatic carbocycles. The predicted octanol–water partition coefficient (Wildman–Crippen LogP) is 3.66. The van der Waals surface area contributed by atoms with Crippen LogP contribution in [0.3, 0.4) is 0 Å². The summed E-state index contributed by atoms with van der Waals surface area (Å²) in [6, 6.07) is 0. The van der Waals surface area contributed by atoms with Gasteiger partial charge in [-0.3, -0.25) is 4.39 Å². The predicted molar refractivity (Wildman–Crippen MR) is 44.1 cm³/mol. The molecule has 0 fully saturated rings. The second-order valence-electron chi connectivity index (χ2n) is 2.25. The molecule has 0 unspecified atom stereocenters. The summed E-state index contributed by atoms with van der Waals surface area (Å²) in [4.78, 5) is 0. The van der Waals surface area contributed by atoms with Crippen LogP contribution in [0.15, 0.2) is 11.6 Å². The molecule has 0 bridgehead atoms. The third-order valence-electron chi connectivity index (χ3n) is 1.34. The summed E-state index contributed by atoms with van der Waals surface area (Å²) >= 11 is 5.30. The Kier molecular flexibility index (Phi) is 8.92. The first-order chi connectivity index (χ1) is 4.91. The second-order valence-corrected chi connectivity index (χ2v) is 2.51. The molecule has 0 rings (SSSR count). The Morgan fingerprint density at radius 1 is 1.10 bits per heavy atom. The molecule has 0 atom stereocenters. The molecule has 0 heterocycles. The van der Waals surface area contributed by atoms with Crippen molar-refractivity contribution in [3.05, 3.63) is 11.6 Å². The van der Waals surface area contributed by atoms with Gasteiger partial charge in [0.25, 0.3) is 0 Å². The van der Waals surface area contributed by atoms with E-state index < -0.39 is 0 Å². The van der Waals surface area contributed by atoms with Gasteiger partial charge < -0.3 is 0 Å². The molecule has 0 aliphatic rings. The van der Waals surface area contributed by atoms with Crippen molar-refractivity contribution in [2.75, 3.05) is 6.67 Å². The van der Waals surface area contributed by atoms with E-state index in [-0.39, 0.29) is 6.67 Å². The largest absolute Gasteiger partial charge is 0.251 e. The number of alkyl halides is 1. The van der Waals surface area contributed by atoms with Gasteiger partial charge in [0.15, 0.2) is 0 Å². The summed E-state index contributed by atoms with van der Waals surface area (Å²) in [5, 5.41) is 0. The third kappa shape index (κ3) is 7.96. The average Bonchev–Trinajstić information content (AvgIpc) is 1.97. The highest BCUT2D eigenvalue weighted by Crippen LogP contribution is 2.03. The Bertz CT molecular complexity index is 81.3. The van der Waals surface area contributed by atoms with Crippen molar-refractivity contribution in [3.63, 3.8) is 0 Å². The van der Waals surface area contributed by atoms with Gasteiger partial charge in [-0.2, -0.15) is 0 Å². The topological polar surface area (TPSA) is 0 Å². The third-order valence-corrected chi connectivity index (χ3v) is 1.52. The zero-order chi connectivity index (χ0) is 7.66. The molecule has 0 saturated heterocycles. The lowest BCUT2D eigenvalue weighted by Crippen LogP contribution is -1.78. The highest BCUT2D eigenvalue weighted by molar-refractivity contribution is 6.25. The van der Waals surface area contributed by atoms with Crippen molar-refractivity contribution in [1.82, 2.24) is 0 Å². The fourth-order valence-electron chi connectivity index (χ4n) is 0.773. The van der Waals surface area contributed by atoms with Crippen LogP contribution in [-0.2, 0) is 0 Å². The summed E-state index contributed by atoms with van der Waals surface area (Å²) < 4.78 is 11.5. The number of rotatable bonds is 6. The van der Waals surface area contributed by atoms with Crippen LogP contribution in [0.25, 0.3) is 0 Å². The Morgan fingerprint density at radius 3 is 2.40 bits per heavy atom. The van der Waals surface area contributed by atoms with E-state index in [1.165, 1.54) is 5.54 Å². The summed E-state index contributed by atoms with van der Waals surface area (Å²) in [6.45, 7) is -0.175. The summed E-state index contributed by atoms with van der Waals surface area (Å²) in [6.07, 6.45) is 6.92. The number of hydrogen-bond acceptors (Lipinski definition) is 0. The van der Waals surface area contributed by atoms with E-state index >= 15 is 0 Å². The average molecular weight is 165 g/mol. The highest BCUT2D eigenvalue weighted by atomic mass is 35.5. The fourth-order valence-corrected chi connectivity index (χ4v) is 0.899. The monoisotopic (exact) mass is 164 g/mol. The van der Waals surface area contributed by atoms with Gasteiger partial charge >= 0.3 is 0 Å². The lowest BCUT2D eigenvalue weighted by Gasteiger charge is -1.93. The standard InChI is InChI=1S/C8H14ClF/c9-7-5-3-1-2-4-6-8-10/h5,7H,1-4,6,8H2. The number of unbranched alkanes of at least 4 members (excludes halogenated alkanes) is 4. The molecule has 2 heteroatoms. The van der Waals surface area contributed by atoms with Crippen LogP contribution in [0.1, 0.15) is 32.1 Å². The molecule has 0 aromatic rings. The summed E-state index contributed by atoms with van der Waals surface area (Å²) in [5.74, 6) is 0. The van der Waals surface area contributed by atoms with Gasteiger partial charge in [-0.1, -0.05) is 30.5 Å². The van der Waals surface area contributed by atoms with E-state index in [1.807, 2.05) is 6.08 Å². The molecular weight excluding hydrogens is 151 g/mol. The Labute approximate surface area is 67.1 Å². The van der Waals surface area contributed by atoms with Crippen molar-refractivity contribution < 1.29 is 4.39 Å². The highest BCUT2D eigenvalue weighted by Gasteiger charge is 1.86. The zero-order valence-corrected chi connectivity index (χ0v) is 6.91. The minimum Gasteiger partial charge on any atom is -0.251 e. The maximum atomic E-state index is 11.5. The summed E-state index contributed by atoms with van der Waals surface area (Å²) in [5.41, 5.74) is 1.54. The quantitative estimate of drug-likeness (QED) is 0.526. The maximum absolute atomic E-state index is 11.5. The second kappa shape index (κ2) is 8.96. The molecule has 10 heavy (non-hydrogen) atoms. The fraction of sp³-hybridized carbons (Fsp3) is 0.750. The van der Waals surface area contributed by atoms with Gasteiger partial charge in [-0.15, -0.1) is 0 Å². The molecule has 0 nitrogen and oxygen atoms in total. The van der Waals surface area contributed by atoms with Gasteiger partial charge in [-0.25, -0.2) is 0 Å². The van der Waals surface area contributed by atoms with Crippen molar-refractivity contribution in [2.45, 2.75) is 32.1 Å². The number of halogens is 2. The van der Waals surface area contributed by atoms with Crippen LogP contribution in [-0.4, -0.2) is 6.67 Å².